The van der Waals surface area contributed by atoms with Gasteiger partial charge in [-0.25, -0.2) is 0 Å². The van der Waals surface area contributed by atoms with Crippen LogP contribution < -0.4 is 5.32 Å². The van der Waals surface area contributed by atoms with Crippen molar-refractivity contribution in [2.24, 2.45) is 0 Å². The predicted molar refractivity (Wildman–Crippen MR) is 70.1 cm³/mol. The molecule has 0 radical (unpaired) electrons. The van der Waals surface area contributed by atoms with Crippen LogP contribution in [0.3, 0.4) is 0 Å². The Balaban J connectivity index is 2.48. The fourth-order valence-corrected chi connectivity index (χ4v) is 2.00. The molecule has 0 saturated carbocycles. The number of anilines is 1. The summed E-state index contributed by atoms with van der Waals surface area (Å²) in [5.74, 6) is -1.31. The van der Waals surface area contributed by atoms with Gasteiger partial charge in [0.2, 0.25) is 5.91 Å². The fourth-order valence-electron chi connectivity index (χ4n) is 1.01. The van der Waals surface area contributed by atoms with Gasteiger partial charge in [0.05, 0.1) is 22.2 Å². The van der Waals surface area contributed by atoms with Crippen molar-refractivity contribution < 1.29 is 14.7 Å². The van der Waals surface area contributed by atoms with Crippen LogP contribution in [-0.2, 0) is 9.59 Å². The average Bonchev–Trinajstić information content (AvgIpc) is 2.21. The molecule has 0 heterocycles. The van der Waals surface area contributed by atoms with Gasteiger partial charge in [0.1, 0.15) is 0 Å². The third kappa shape index (κ3) is 5.30. The van der Waals surface area contributed by atoms with Gasteiger partial charge in [-0.3, -0.25) is 9.59 Å². The van der Waals surface area contributed by atoms with Gasteiger partial charge in [-0.1, -0.05) is 23.2 Å². The number of carboxylic acid groups (broad SMARTS) is 1. The van der Waals surface area contributed by atoms with Crippen molar-refractivity contribution in [1.29, 1.82) is 0 Å². The fraction of sp³-hybridized carbons (Fsp3) is 0.200. The third-order valence-electron chi connectivity index (χ3n) is 1.66. The van der Waals surface area contributed by atoms with Crippen LogP contribution in [0.25, 0.3) is 0 Å². The van der Waals surface area contributed by atoms with E-state index in [1.54, 1.807) is 12.1 Å². The Morgan fingerprint density at radius 3 is 2.59 bits per heavy atom. The molecular weight excluding hydrogens is 285 g/mol. The Morgan fingerprint density at radius 1 is 1.29 bits per heavy atom. The Bertz CT molecular complexity index is 440. The van der Waals surface area contributed by atoms with Gasteiger partial charge >= 0.3 is 5.97 Å². The second-order valence-electron chi connectivity index (χ2n) is 3.06. The molecule has 4 nitrogen and oxygen atoms in total. The standard InChI is InChI=1S/C10H9Cl2NO3S/c11-6-1-2-8(7(12)3-6)13-9(14)4-17-5-10(15)16/h1-3H,4-5H2,(H,13,14)(H,15,16). The smallest absolute Gasteiger partial charge is 0.313 e. The maximum atomic E-state index is 11.4. The number of hydrogen-bond acceptors (Lipinski definition) is 3. The summed E-state index contributed by atoms with van der Waals surface area (Å²) in [6.07, 6.45) is 0. The molecule has 1 amide bonds. The number of carboxylic acids is 1. The maximum absolute atomic E-state index is 11.4. The molecule has 0 bridgehead atoms. The summed E-state index contributed by atoms with van der Waals surface area (Å²) in [7, 11) is 0. The second kappa shape index (κ2) is 6.74. The molecule has 0 aliphatic heterocycles. The van der Waals surface area contributed by atoms with Crippen LogP contribution in [0.2, 0.25) is 10.0 Å². The molecule has 0 unspecified atom stereocenters. The van der Waals surface area contributed by atoms with Crippen LogP contribution in [-0.4, -0.2) is 28.5 Å². The van der Waals surface area contributed by atoms with E-state index in [0.717, 1.165) is 11.8 Å². The van der Waals surface area contributed by atoms with Crippen molar-refractivity contribution in [2.45, 2.75) is 0 Å². The molecule has 0 aromatic heterocycles. The minimum atomic E-state index is -0.952. The number of aliphatic carboxylic acids is 1. The Hall–Kier alpha value is -0.910. The Morgan fingerprint density at radius 2 is 2.00 bits per heavy atom. The quantitative estimate of drug-likeness (QED) is 0.876. The number of benzene rings is 1. The molecule has 0 atom stereocenters. The molecule has 0 aliphatic carbocycles. The number of carbonyl (C=O) groups excluding carboxylic acids is 1. The van der Waals surface area contributed by atoms with E-state index in [0.29, 0.717) is 15.7 Å². The first kappa shape index (κ1) is 14.2. The van der Waals surface area contributed by atoms with E-state index in [9.17, 15) is 9.59 Å². The summed E-state index contributed by atoms with van der Waals surface area (Å²) in [4.78, 5) is 21.7. The maximum Gasteiger partial charge on any atom is 0.313 e. The van der Waals surface area contributed by atoms with Gasteiger partial charge in [-0.15, -0.1) is 11.8 Å². The highest BCUT2D eigenvalue weighted by atomic mass is 35.5. The van der Waals surface area contributed by atoms with E-state index in [1.807, 2.05) is 0 Å². The van der Waals surface area contributed by atoms with E-state index >= 15 is 0 Å². The van der Waals surface area contributed by atoms with Crippen LogP contribution in [0.1, 0.15) is 0 Å². The number of amides is 1. The number of thioether (sulfide) groups is 1. The highest BCUT2D eigenvalue weighted by Gasteiger charge is 2.07. The van der Waals surface area contributed by atoms with Crippen molar-refractivity contribution in [3.8, 4) is 0 Å². The largest absolute Gasteiger partial charge is 0.481 e. The summed E-state index contributed by atoms with van der Waals surface area (Å²) < 4.78 is 0. The van der Waals surface area contributed by atoms with Crippen LogP contribution in [0, 0.1) is 0 Å². The zero-order chi connectivity index (χ0) is 12.8. The van der Waals surface area contributed by atoms with E-state index in [4.69, 9.17) is 28.3 Å². The molecule has 0 aliphatic rings. The first-order chi connectivity index (χ1) is 7.99. The summed E-state index contributed by atoms with van der Waals surface area (Å²) in [6.45, 7) is 0. The zero-order valence-corrected chi connectivity index (χ0v) is 10.9. The van der Waals surface area contributed by atoms with Crippen molar-refractivity contribution in [3.63, 3.8) is 0 Å². The SMILES string of the molecule is O=C(O)CSCC(=O)Nc1ccc(Cl)cc1Cl. The molecule has 1 aromatic carbocycles. The van der Waals surface area contributed by atoms with Crippen LogP contribution in [0.15, 0.2) is 18.2 Å². The van der Waals surface area contributed by atoms with E-state index < -0.39 is 5.97 Å². The lowest BCUT2D eigenvalue weighted by Gasteiger charge is -2.06. The molecule has 0 saturated heterocycles. The van der Waals surface area contributed by atoms with Crippen molar-refractivity contribution >= 4 is 52.5 Å². The van der Waals surface area contributed by atoms with Crippen molar-refractivity contribution in [1.82, 2.24) is 0 Å². The van der Waals surface area contributed by atoms with Gasteiger partial charge in [0, 0.05) is 5.02 Å². The van der Waals surface area contributed by atoms with E-state index in [-0.39, 0.29) is 17.4 Å². The molecule has 0 spiro atoms. The number of carbonyl (C=O) groups is 2. The first-order valence-corrected chi connectivity index (χ1v) is 6.44. The average molecular weight is 294 g/mol. The molecule has 17 heavy (non-hydrogen) atoms. The van der Waals surface area contributed by atoms with Gasteiger partial charge in [-0.05, 0) is 18.2 Å². The molecule has 1 rings (SSSR count). The molecule has 1 aromatic rings. The highest BCUT2D eigenvalue weighted by Crippen LogP contribution is 2.25. The van der Waals surface area contributed by atoms with Crippen molar-refractivity contribution in [2.75, 3.05) is 16.8 Å². The molecule has 0 fully saturated rings. The van der Waals surface area contributed by atoms with Gasteiger partial charge in [-0.2, -0.15) is 0 Å². The first-order valence-electron chi connectivity index (χ1n) is 4.53. The number of nitrogens with one attached hydrogen (secondary N) is 1. The summed E-state index contributed by atoms with van der Waals surface area (Å²) in [5.41, 5.74) is 0.456. The minimum Gasteiger partial charge on any atom is -0.481 e. The molecule has 2 N–H and O–H groups in total. The minimum absolute atomic E-state index is 0.0608. The highest BCUT2D eigenvalue weighted by molar-refractivity contribution is 8.00. The summed E-state index contributed by atoms with van der Waals surface area (Å²) in [5, 5.41) is 11.8. The summed E-state index contributed by atoms with van der Waals surface area (Å²) >= 11 is 12.6. The second-order valence-corrected chi connectivity index (χ2v) is 4.89. The van der Waals surface area contributed by atoms with Gasteiger partial charge in [0.25, 0.3) is 0 Å². The molecule has 7 heteroatoms. The lowest BCUT2D eigenvalue weighted by Crippen LogP contribution is -2.15. The lowest BCUT2D eigenvalue weighted by atomic mass is 10.3. The van der Waals surface area contributed by atoms with E-state index in [1.165, 1.54) is 6.07 Å². The predicted octanol–water partition coefficient (Wildman–Crippen LogP) is 2.75. The van der Waals surface area contributed by atoms with Crippen LogP contribution in [0.5, 0.6) is 0 Å². The lowest BCUT2D eigenvalue weighted by molar-refractivity contribution is -0.133. The topological polar surface area (TPSA) is 66.4 Å². The van der Waals surface area contributed by atoms with Gasteiger partial charge in [0.15, 0.2) is 0 Å². The normalized spacial score (nSPS) is 10.0. The van der Waals surface area contributed by atoms with Gasteiger partial charge < -0.3 is 10.4 Å². The number of rotatable bonds is 5. The number of hydrogen-bond donors (Lipinski definition) is 2. The molecular formula is C10H9Cl2NO3S. The zero-order valence-electron chi connectivity index (χ0n) is 8.57. The third-order valence-corrected chi connectivity index (χ3v) is 3.13. The molecule has 92 valence electrons. The van der Waals surface area contributed by atoms with E-state index in [2.05, 4.69) is 5.32 Å². The number of halogens is 2. The Kier molecular flexibility index (Phi) is 5.61. The summed E-state index contributed by atoms with van der Waals surface area (Å²) in [6, 6.07) is 4.71. The monoisotopic (exact) mass is 293 g/mol. The van der Waals surface area contributed by atoms with Crippen molar-refractivity contribution in [3.05, 3.63) is 28.2 Å². The van der Waals surface area contributed by atoms with Crippen LogP contribution in [0.4, 0.5) is 5.69 Å². The van der Waals surface area contributed by atoms with Crippen LogP contribution >= 0.6 is 35.0 Å². The Labute approximate surface area is 112 Å².